The summed E-state index contributed by atoms with van der Waals surface area (Å²) in [7, 11) is 0. The maximum Gasteiger partial charge on any atom is 0.422 e. The normalized spacial score (nSPS) is 13.3. The van der Waals surface area contributed by atoms with Crippen molar-refractivity contribution in [3.8, 4) is 5.75 Å². The van der Waals surface area contributed by atoms with Crippen molar-refractivity contribution in [2.75, 3.05) is 13.3 Å². The van der Waals surface area contributed by atoms with Gasteiger partial charge in [-0.3, -0.25) is 14.2 Å². The van der Waals surface area contributed by atoms with E-state index < -0.39 is 30.9 Å². The molecule has 1 atom stereocenters. The van der Waals surface area contributed by atoms with Gasteiger partial charge in [0.1, 0.15) is 24.2 Å². The van der Waals surface area contributed by atoms with E-state index in [1.165, 1.54) is 12.1 Å². The van der Waals surface area contributed by atoms with Gasteiger partial charge < -0.3 is 10.1 Å². The molecule has 0 aliphatic heterocycles. The van der Waals surface area contributed by atoms with Crippen LogP contribution < -0.4 is 10.1 Å². The van der Waals surface area contributed by atoms with Crippen LogP contribution in [0.25, 0.3) is 0 Å². The molecule has 2 N–H and O–H groups in total. The van der Waals surface area contributed by atoms with Crippen LogP contribution in [-0.2, 0) is 22.0 Å². The Morgan fingerprint density at radius 2 is 1.70 bits per heavy atom. The number of alkyl halides is 4. The molecule has 0 saturated carbocycles. The van der Waals surface area contributed by atoms with Crippen LogP contribution in [0.2, 0.25) is 0 Å². The smallest absolute Gasteiger partial charge is 0.422 e. The number of ether oxygens (including phenoxy) is 1. The van der Waals surface area contributed by atoms with E-state index in [9.17, 15) is 22.4 Å². The first kappa shape index (κ1) is 28.1. The molecule has 2 heterocycles. The molecule has 0 saturated heterocycles. The number of aromatic amines is 1. The number of rotatable bonds is 9. The number of amides is 1. The highest BCUT2D eigenvalue weighted by Gasteiger charge is 2.33. The fraction of sp³-hybridized carbons (Fsp3) is 0.462. The number of halogens is 4. The summed E-state index contributed by atoms with van der Waals surface area (Å²) >= 11 is 0. The number of carbonyl (C=O) groups excluding carboxylic acids is 1. The van der Waals surface area contributed by atoms with Gasteiger partial charge in [-0.25, -0.2) is 0 Å². The average molecular weight is 522 g/mol. The van der Waals surface area contributed by atoms with Crippen molar-refractivity contribution in [2.45, 2.75) is 64.1 Å². The Morgan fingerprint density at radius 1 is 1.03 bits per heavy atom. The van der Waals surface area contributed by atoms with Crippen molar-refractivity contribution >= 4 is 5.91 Å². The molecule has 0 radical (unpaired) electrons. The molecule has 0 aliphatic carbocycles. The summed E-state index contributed by atoms with van der Waals surface area (Å²) in [6, 6.07) is 9.52. The van der Waals surface area contributed by atoms with Crippen LogP contribution in [0.5, 0.6) is 5.75 Å². The summed E-state index contributed by atoms with van der Waals surface area (Å²) < 4.78 is 56.0. The minimum absolute atomic E-state index is 0.0277. The lowest BCUT2D eigenvalue weighted by atomic mass is 9.86. The topological polar surface area (TPSA) is 92.8 Å². The Balaban J connectivity index is 1.87. The number of aromatic nitrogens is 4. The largest absolute Gasteiger partial charge is 0.483 e. The van der Waals surface area contributed by atoms with Crippen molar-refractivity contribution in [3.05, 3.63) is 70.8 Å². The molecule has 11 heteroatoms. The third-order valence-corrected chi connectivity index (χ3v) is 5.77. The number of H-pyrrole nitrogens is 1. The zero-order valence-corrected chi connectivity index (χ0v) is 21.4. The third kappa shape index (κ3) is 7.50. The van der Waals surface area contributed by atoms with Crippen molar-refractivity contribution in [1.29, 1.82) is 0 Å². The van der Waals surface area contributed by atoms with Gasteiger partial charge in [-0.1, -0.05) is 58.9 Å². The van der Waals surface area contributed by atoms with Crippen molar-refractivity contribution in [3.63, 3.8) is 0 Å². The maximum atomic E-state index is 13.8. The van der Waals surface area contributed by atoms with Crippen LogP contribution in [0.1, 0.15) is 68.9 Å². The van der Waals surface area contributed by atoms with Gasteiger partial charge in [-0.15, -0.1) is 0 Å². The number of nitrogens with zero attached hydrogens (tertiary/aromatic N) is 3. The maximum absolute atomic E-state index is 13.8. The number of nitrogens with one attached hydrogen (secondary N) is 2. The van der Waals surface area contributed by atoms with E-state index in [4.69, 9.17) is 4.74 Å². The highest BCUT2D eigenvalue weighted by molar-refractivity contribution is 5.79. The summed E-state index contributed by atoms with van der Waals surface area (Å²) in [4.78, 5) is 17.3. The Kier molecular flexibility index (Phi) is 8.24. The summed E-state index contributed by atoms with van der Waals surface area (Å²) in [5, 5.41) is 13.6. The van der Waals surface area contributed by atoms with Crippen LogP contribution in [0, 0.1) is 0 Å². The zero-order valence-electron chi connectivity index (χ0n) is 21.4. The Labute approximate surface area is 213 Å². The molecule has 0 aliphatic rings. The van der Waals surface area contributed by atoms with E-state index in [0.29, 0.717) is 5.69 Å². The molecule has 1 amide bonds. The van der Waals surface area contributed by atoms with Gasteiger partial charge >= 0.3 is 6.18 Å². The highest BCUT2D eigenvalue weighted by Crippen LogP contribution is 2.31. The van der Waals surface area contributed by atoms with Crippen LogP contribution in [0.4, 0.5) is 17.6 Å². The average Bonchev–Trinajstić information content (AvgIpc) is 3.32. The van der Waals surface area contributed by atoms with Gasteiger partial charge in [0.2, 0.25) is 5.91 Å². The first-order valence-electron chi connectivity index (χ1n) is 11.7. The van der Waals surface area contributed by atoms with E-state index in [1.807, 2.05) is 24.3 Å². The Bertz CT molecular complexity index is 1180. The first-order valence-corrected chi connectivity index (χ1v) is 11.7. The number of carbonyl (C=O) groups is 1. The Morgan fingerprint density at radius 3 is 2.24 bits per heavy atom. The quantitative estimate of drug-likeness (QED) is 0.381. The fourth-order valence-corrected chi connectivity index (χ4v) is 3.62. The molecule has 7 nitrogen and oxygen atoms in total. The van der Waals surface area contributed by atoms with E-state index >= 15 is 0 Å². The van der Waals surface area contributed by atoms with Crippen molar-refractivity contribution in [2.24, 2.45) is 0 Å². The van der Waals surface area contributed by atoms with Gasteiger partial charge in [0.05, 0.1) is 24.0 Å². The van der Waals surface area contributed by atoms with Crippen LogP contribution in [-0.4, -0.2) is 45.8 Å². The molecule has 0 unspecified atom stereocenters. The minimum Gasteiger partial charge on any atom is -0.483 e. The first-order chi connectivity index (χ1) is 17.2. The van der Waals surface area contributed by atoms with Gasteiger partial charge in [-0.05, 0) is 28.7 Å². The molecule has 0 spiro atoms. The minimum atomic E-state index is -4.49. The van der Waals surface area contributed by atoms with Gasteiger partial charge in [-0.2, -0.15) is 28.6 Å². The van der Waals surface area contributed by atoms with Crippen molar-refractivity contribution < 1.29 is 27.1 Å². The molecule has 0 bridgehead atoms. The van der Waals surface area contributed by atoms with Gasteiger partial charge in [0.15, 0.2) is 6.61 Å². The number of benzene rings is 1. The lowest BCUT2D eigenvalue weighted by Gasteiger charge is -2.23. The summed E-state index contributed by atoms with van der Waals surface area (Å²) in [6.07, 6.45) is -3.30. The van der Waals surface area contributed by atoms with Crippen LogP contribution in [0.3, 0.4) is 0 Å². The monoisotopic (exact) mass is 521 g/mol. The third-order valence-electron chi connectivity index (χ3n) is 5.77. The van der Waals surface area contributed by atoms with Crippen LogP contribution in [0.15, 0.2) is 42.6 Å². The second-order valence-electron chi connectivity index (χ2n) is 10.5. The summed E-state index contributed by atoms with van der Waals surface area (Å²) in [5.41, 5.74) is 1.72. The zero-order chi connectivity index (χ0) is 27.4. The second-order valence-corrected chi connectivity index (χ2v) is 10.5. The number of hydrogen-bond donors (Lipinski definition) is 2. The number of pyridine rings is 1. The fourth-order valence-electron chi connectivity index (χ4n) is 3.62. The summed E-state index contributed by atoms with van der Waals surface area (Å²) in [6.45, 7) is 7.39. The van der Waals surface area contributed by atoms with Crippen LogP contribution >= 0.6 is 0 Å². The molecule has 200 valence electrons. The molecule has 3 aromatic rings. The molecular formula is C26H31F4N5O2. The standard InChI is InChI=1S/C26H31F4N5O2/c1-24(2,3)17-8-6-16(7-9-17)12-20(36)32-21(22-23(34-35-33-22)25(4,5)14-27)19-11-10-18(13-31-19)37-15-26(28,29)30/h6-11,13,21H,12,14-15H2,1-5H3,(H,32,36)(H,33,34,35)/t21-/m0/s1. The van der Waals surface area contributed by atoms with E-state index in [0.717, 1.165) is 17.3 Å². The predicted octanol–water partition coefficient (Wildman–Crippen LogP) is 5.13. The molecular weight excluding hydrogens is 490 g/mol. The van der Waals surface area contributed by atoms with Crippen molar-refractivity contribution in [1.82, 2.24) is 25.7 Å². The van der Waals surface area contributed by atoms with E-state index in [2.05, 4.69) is 46.5 Å². The molecule has 2 aromatic heterocycles. The molecule has 0 fully saturated rings. The molecule has 3 rings (SSSR count). The molecule has 37 heavy (non-hydrogen) atoms. The summed E-state index contributed by atoms with van der Waals surface area (Å²) in [5.74, 6) is -0.436. The number of hydrogen-bond acceptors (Lipinski definition) is 5. The van der Waals surface area contributed by atoms with Gasteiger partial charge in [0.25, 0.3) is 0 Å². The highest BCUT2D eigenvalue weighted by atomic mass is 19.4. The second kappa shape index (κ2) is 10.9. The lowest BCUT2D eigenvalue weighted by molar-refractivity contribution is -0.153. The van der Waals surface area contributed by atoms with Gasteiger partial charge in [0, 0.05) is 5.41 Å². The predicted molar refractivity (Wildman–Crippen MR) is 130 cm³/mol. The molecule has 1 aromatic carbocycles. The van der Waals surface area contributed by atoms with E-state index in [-0.39, 0.29) is 34.9 Å². The van der Waals surface area contributed by atoms with E-state index in [1.54, 1.807) is 13.8 Å². The lowest BCUT2D eigenvalue weighted by Crippen LogP contribution is -2.34. The SMILES string of the molecule is CC(C)(C)c1ccc(CC(=O)N[C@@H](c2ccc(OCC(F)(F)F)cn2)c2n[nH]nc2C(C)(C)CF)cc1. The Hall–Kier alpha value is -3.50.